The number of nitriles is 1. The molecule has 0 N–H and O–H groups in total. The van der Waals surface area contributed by atoms with Crippen molar-refractivity contribution in [2.75, 3.05) is 20.2 Å². The SMILES string of the molecule is COc1cc(-c2coc3cc(B4OC(C)(C)C(C)(C)O4)ccc23)cc2c1C(=O)N(CC#N)CC2. The van der Waals surface area contributed by atoms with E-state index in [2.05, 4.69) is 6.07 Å². The van der Waals surface area contributed by atoms with Crippen LogP contribution in [0.5, 0.6) is 5.75 Å². The molecular formula is C26H27BN2O5. The number of methoxy groups -OCH3 is 1. The van der Waals surface area contributed by atoms with Crippen molar-refractivity contribution < 1.29 is 23.3 Å². The van der Waals surface area contributed by atoms with Crippen LogP contribution in [-0.2, 0) is 15.7 Å². The molecule has 2 aliphatic heterocycles. The molecule has 5 rings (SSSR count). The molecule has 0 spiro atoms. The maximum absolute atomic E-state index is 12.9. The number of hydrogen-bond acceptors (Lipinski definition) is 6. The van der Waals surface area contributed by atoms with Gasteiger partial charge in [-0.1, -0.05) is 12.1 Å². The zero-order valence-electron chi connectivity index (χ0n) is 20.1. The zero-order chi connectivity index (χ0) is 24.3. The van der Waals surface area contributed by atoms with Crippen molar-refractivity contribution in [3.8, 4) is 22.9 Å². The van der Waals surface area contributed by atoms with Gasteiger partial charge in [0.2, 0.25) is 0 Å². The Bertz CT molecular complexity index is 1300. The number of furan rings is 1. The highest BCUT2D eigenvalue weighted by molar-refractivity contribution is 6.62. The third kappa shape index (κ3) is 3.47. The number of ether oxygens (including phenoxy) is 1. The Morgan fingerprint density at radius 1 is 1.15 bits per heavy atom. The molecule has 2 aromatic carbocycles. The molecule has 0 bridgehead atoms. The third-order valence-corrected chi connectivity index (χ3v) is 7.25. The number of hydrogen-bond donors (Lipinski definition) is 0. The molecule has 1 aromatic heterocycles. The molecule has 1 amide bonds. The number of nitrogens with zero attached hydrogens (tertiary/aromatic N) is 2. The van der Waals surface area contributed by atoms with Gasteiger partial charge in [0.15, 0.2) is 0 Å². The summed E-state index contributed by atoms with van der Waals surface area (Å²) in [6.07, 6.45) is 2.39. The first-order valence-corrected chi connectivity index (χ1v) is 11.4. The van der Waals surface area contributed by atoms with Crippen molar-refractivity contribution in [3.05, 3.63) is 47.7 Å². The summed E-state index contributed by atoms with van der Waals surface area (Å²) in [7, 11) is 1.09. The van der Waals surface area contributed by atoms with Crippen LogP contribution in [0.4, 0.5) is 0 Å². The van der Waals surface area contributed by atoms with Gasteiger partial charge in [-0.2, -0.15) is 5.26 Å². The Morgan fingerprint density at radius 3 is 2.56 bits per heavy atom. The number of carbonyl (C=O) groups excluding carboxylic acids is 1. The van der Waals surface area contributed by atoms with E-state index in [9.17, 15) is 4.79 Å². The predicted molar refractivity (Wildman–Crippen MR) is 129 cm³/mol. The molecule has 1 fully saturated rings. The molecule has 3 heterocycles. The van der Waals surface area contributed by atoms with Crippen molar-refractivity contribution in [1.82, 2.24) is 4.90 Å². The van der Waals surface area contributed by atoms with Crippen LogP contribution in [0.25, 0.3) is 22.1 Å². The van der Waals surface area contributed by atoms with Crippen molar-refractivity contribution in [1.29, 1.82) is 5.26 Å². The van der Waals surface area contributed by atoms with E-state index in [1.807, 2.05) is 58.0 Å². The fourth-order valence-electron chi connectivity index (χ4n) is 4.58. The van der Waals surface area contributed by atoms with Gasteiger partial charge in [0.1, 0.15) is 17.9 Å². The average molecular weight is 458 g/mol. The summed E-state index contributed by atoms with van der Waals surface area (Å²) in [6.45, 7) is 8.71. The predicted octanol–water partition coefficient (Wildman–Crippen LogP) is 3.93. The van der Waals surface area contributed by atoms with Gasteiger partial charge in [-0.25, -0.2) is 0 Å². The van der Waals surface area contributed by atoms with Gasteiger partial charge in [0.25, 0.3) is 5.91 Å². The summed E-state index contributed by atoms with van der Waals surface area (Å²) in [6, 6.07) is 11.9. The second-order valence-electron chi connectivity index (χ2n) is 9.84. The fraction of sp³-hybridized carbons (Fsp3) is 0.385. The first kappa shape index (κ1) is 22.5. The molecule has 174 valence electrons. The maximum atomic E-state index is 12.9. The van der Waals surface area contributed by atoms with Gasteiger partial charge in [0, 0.05) is 17.5 Å². The molecule has 34 heavy (non-hydrogen) atoms. The maximum Gasteiger partial charge on any atom is 0.494 e. The van der Waals surface area contributed by atoms with E-state index in [4.69, 9.17) is 23.7 Å². The summed E-state index contributed by atoms with van der Waals surface area (Å²) >= 11 is 0. The highest BCUT2D eigenvalue weighted by Gasteiger charge is 2.51. The smallest absolute Gasteiger partial charge is 0.494 e. The summed E-state index contributed by atoms with van der Waals surface area (Å²) < 4.78 is 23.9. The average Bonchev–Trinajstić information content (AvgIpc) is 3.31. The molecule has 0 unspecified atom stereocenters. The van der Waals surface area contributed by atoms with Crippen molar-refractivity contribution in [2.24, 2.45) is 0 Å². The minimum atomic E-state index is -0.464. The summed E-state index contributed by atoms with van der Waals surface area (Å²) in [5, 5.41) is 9.97. The van der Waals surface area contributed by atoms with E-state index in [0.717, 1.165) is 33.1 Å². The van der Waals surface area contributed by atoms with Crippen molar-refractivity contribution in [3.63, 3.8) is 0 Å². The Kier molecular flexibility index (Phi) is 5.23. The van der Waals surface area contributed by atoms with Crippen LogP contribution < -0.4 is 10.2 Å². The van der Waals surface area contributed by atoms with Gasteiger partial charge in [-0.3, -0.25) is 4.79 Å². The Balaban J connectivity index is 1.51. The molecule has 8 heteroatoms. The lowest BCUT2D eigenvalue weighted by molar-refractivity contribution is 0.00578. The highest BCUT2D eigenvalue weighted by Crippen LogP contribution is 2.39. The quantitative estimate of drug-likeness (QED) is 0.435. The lowest BCUT2D eigenvalue weighted by Crippen LogP contribution is -2.41. The summed E-state index contributed by atoms with van der Waals surface area (Å²) in [4.78, 5) is 14.5. The number of carbonyl (C=O) groups is 1. The van der Waals surface area contributed by atoms with Crippen LogP contribution in [0.3, 0.4) is 0 Å². The largest absolute Gasteiger partial charge is 0.496 e. The first-order valence-electron chi connectivity index (χ1n) is 11.4. The van der Waals surface area contributed by atoms with Gasteiger partial charge < -0.3 is 23.4 Å². The fourth-order valence-corrected chi connectivity index (χ4v) is 4.58. The number of rotatable bonds is 4. The monoisotopic (exact) mass is 458 g/mol. The lowest BCUT2D eigenvalue weighted by atomic mass is 9.78. The van der Waals surface area contributed by atoms with Crippen LogP contribution >= 0.6 is 0 Å². The van der Waals surface area contributed by atoms with Gasteiger partial charge in [-0.15, -0.1) is 0 Å². The molecule has 1 saturated heterocycles. The number of benzene rings is 2. The van der Waals surface area contributed by atoms with E-state index in [1.165, 1.54) is 0 Å². The van der Waals surface area contributed by atoms with Crippen LogP contribution in [-0.4, -0.2) is 49.3 Å². The van der Waals surface area contributed by atoms with Crippen LogP contribution in [0.15, 0.2) is 41.0 Å². The van der Waals surface area contributed by atoms with E-state index < -0.39 is 18.3 Å². The molecule has 3 aromatic rings. The minimum Gasteiger partial charge on any atom is -0.496 e. The Labute approximate surface area is 199 Å². The van der Waals surface area contributed by atoms with E-state index in [0.29, 0.717) is 24.3 Å². The third-order valence-electron chi connectivity index (χ3n) is 7.25. The van der Waals surface area contributed by atoms with Crippen molar-refractivity contribution >= 4 is 29.5 Å². The summed E-state index contributed by atoms with van der Waals surface area (Å²) in [5.41, 5.74) is 4.08. The van der Waals surface area contributed by atoms with E-state index in [1.54, 1.807) is 18.3 Å². The zero-order valence-corrected chi connectivity index (χ0v) is 20.1. The standard InChI is InChI=1S/C26H27BN2O5/c1-25(2)26(3,4)34-27(33-25)18-6-7-19-20(15-32-21(19)14-18)17-12-16-8-10-29(11-9-28)24(30)23(16)22(13-17)31-5/h6-7,12-15H,8,10-11H2,1-5H3. The lowest BCUT2D eigenvalue weighted by Gasteiger charge is -2.32. The Hall–Kier alpha value is -3.28. The summed E-state index contributed by atoms with van der Waals surface area (Å²) in [5.74, 6) is 0.332. The molecule has 7 nitrogen and oxygen atoms in total. The van der Waals surface area contributed by atoms with Gasteiger partial charge in [0.05, 0.1) is 36.2 Å². The molecule has 0 aliphatic carbocycles. The topological polar surface area (TPSA) is 84.9 Å². The Morgan fingerprint density at radius 2 is 1.88 bits per heavy atom. The van der Waals surface area contributed by atoms with Gasteiger partial charge in [-0.05, 0) is 68.9 Å². The second-order valence-corrected chi connectivity index (χ2v) is 9.84. The molecule has 0 atom stereocenters. The van der Waals surface area contributed by atoms with E-state index in [-0.39, 0.29) is 12.5 Å². The minimum absolute atomic E-state index is 0.0701. The molecule has 2 aliphatic rings. The van der Waals surface area contributed by atoms with E-state index >= 15 is 0 Å². The highest BCUT2D eigenvalue weighted by atomic mass is 16.7. The molecular weight excluding hydrogens is 431 g/mol. The van der Waals surface area contributed by atoms with Gasteiger partial charge >= 0.3 is 7.12 Å². The first-order chi connectivity index (χ1) is 16.1. The van der Waals surface area contributed by atoms with Crippen LogP contribution in [0.2, 0.25) is 0 Å². The second kappa shape index (κ2) is 7.90. The number of fused-ring (bicyclic) bond motifs is 2. The molecule has 0 radical (unpaired) electrons. The van der Waals surface area contributed by atoms with Crippen LogP contribution in [0, 0.1) is 11.3 Å². The van der Waals surface area contributed by atoms with Crippen LogP contribution in [0.1, 0.15) is 43.6 Å². The molecule has 0 saturated carbocycles. The van der Waals surface area contributed by atoms with Crippen molar-refractivity contribution in [2.45, 2.75) is 45.3 Å². The number of amides is 1. The normalized spacial score (nSPS) is 18.8.